The van der Waals surface area contributed by atoms with Crippen molar-refractivity contribution >= 4 is 23.7 Å². The van der Waals surface area contributed by atoms with E-state index in [1.165, 1.54) is 9.80 Å². The number of aromatic nitrogens is 2. The van der Waals surface area contributed by atoms with Crippen LogP contribution >= 0.6 is 0 Å². The average Bonchev–Trinajstić information content (AvgIpc) is 3.45. The minimum atomic E-state index is -0.595. The lowest BCUT2D eigenvalue weighted by Crippen LogP contribution is -2.63. The molecule has 3 aliphatic heterocycles. The molecule has 8 heteroatoms. The lowest BCUT2D eigenvalue weighted by atomic mass is 10.1. The SMILES string of the molecule is Cc1c[n+]2c(n1CC1CCCO1)N=C1C2C(=O)N(CCc2ccccc2)C(=O)N1C. The maximum Gasteiger partial charge on any atom is 0.402 e. The van der Waals surface area contributed by atoms with Crippen molar-refractivity contribution in [1.29, 1.82) is 0 Å². The number of hydrogen-bond donors (Lipinski definition) is 0. The number of ether oxygens (including phenoxy) is 1. The van der Waals surface area contributed by atoms with Gasteiger partial charge in [0.1, 0.15) is 11.9 Å². The highest BCUT2D eigenvalue weighted by Gasteiger charge is 2.53. The van der Waals surface area contributed by atoms with E-state index in [0.717, 1.165) is 30.7 Å². The van der Waals surface area contributed by atoms with Crippen molar-refractivity contribution in [2.75, 3.05) is 20.2 Å². The highest BCUT2D eigenvalue weighted by Crippen LogP contribution is 2.30. The molecule has 1 aromatic carbocycles. The number of hydrogen-bond acceptors (Lipinski definition) is 4. The van der Waals surface area contributed by atoms with Crippen LogP contribution in [0.3, 0.4) is 0 Å². The summed E-state index contributed by atoms with van der Waals surface area (Å²) in [6, 6.07) is 8.98. The van der Waals surface area contributed by atoms with Gasteiger partial charge in [-0.2, -0.15) is 0 Å². The molecule has 8 nitrogen and oxygen atoms in total. The summed E-state index contributed by atoms with van der Waals surface area (Å²) >= 11 is 0. The van der Waals surface area contributed by atoms with Crippen LogP contribution in [0.4, 0.5) is 10.7 Å². The summed E-state index contributed by atoms with van der Waals surface area (Å²) < 4.78 is 9.79. The first kappa shape index (κ1) is 19.0. The van der Waals surface area contributed by atoms with E-state index >= 15 is 0 Å². The fourth-order valence-electron chi connectivity index (χ4n) is 4.54. The third kappa shape index (κ3) is 3.02. The van der Waals surface area contributed by atoms with E-state index in [0.29, 0.717) is 31.3 Å². The number of aliphatic imine (C=N–C) groups is 1. The van der Waals surface area contributed by atoms with Crippen molar-refractivity contribution in [3.63, 3.8) is 0 Å². The molecule has 2 atom stereocenters. The Morgan fingerprint density at radius 1 is 1.23 bits per heavy atom. The molecule has 3 amide bonds. The number of amidine groups is 1. The molecule has 0 bridgehead atoms. The van der Waals surface area contributed by atoms with Crippen LogP contribution in [0.1, 0.15) is 30.1 Å². The summed E-state index contributed by atoms with van der Waals surface area (Å²) in [5.41, 5.74) is 2.13. The average molecular weight is 408 g/mol. The van der Waals surface area contributed by atoms with Gasteiger partial charge in [0.15, 0.2) is 0 Å². The van der Waals surface area contributed by atoms with E-state index in [1.54, 1.807) is 7.05 Å². The van der Waals surface area contributed by atoms with Gasteiger partial charge >= 0.3 is 12.0 Å². The minimum absolute atomic E-state index is 0.168. The molecule has 1 aromatic heterocycles. The zero-order valence-electron chi connectivity index (χ0n) is 17.3. The predicted molar refractivity (Wildman–Crippen MR) is 109 cm³/mol. The van der Waals surface area contributed by atoms with E-state index < -0.39 is 6.04 Å². The molecule has 2 fully saturated rings. The Labute approximate surface area is 175 Å². The highest BCUT2D eigenvalue weighted by molar-refractivity contribution is 6.19. The molecular formula is C22H26N5O3+. The fourth-order valence-corrected chi connectivity index (χ4v) is 4.54. The lowest BCUT2D eigenvalue weighted by molar-refractivity contribution is -0.677. The van der Waals surface area contributed by atoms with Gasteiger partial charge in [-0.3, -0.25) is 14.6 Å². The summed E-state index contributed by atoms with van der Waals surface area (Å²) in [5, 5.41) is 0. The van der Waals surface area contributed by atoms with Gasteiger partial charge in [0.25, 0.3) is 5.91 Å². The van der Waals surface area contributed by atoms with Gasteiger partial charge in [-0.05, 0) is 31.7 Å². The Morgan fingerprint density at radius 3 is 2.77 bits per heavy atom. The molecule has 0 N–H and O–H groups in total. The normalized spacial score (nSPS) is 23.1. The zero-order valence-corrected chi connectivity index (χ0v) is 17.3. The summed E-state index contributed by atoms with van der Waals surface area (Å²) in [7, 11) is 1.69. The number of nitrogens with zero attached hydrogens (tertiary/aromatic N) is 5. The number of carbonyl (C=O) groups is 2. The van der Waals surface area contributed by atoms with Gasteiger partial charge in [0.05, 0.1) is 12.6 Å². The van der Waals surface area contributed by atoms with E-state index in [9.17, 15) is 9.59 Å². The number of imidazole rings is 1. The number of likely N-dealkylation sites (N-methyl/N-ethyl adjacent to an activating group) is 1. The van der Waals surface area contributed by atoms with Crippen LogP contribution < -0.4 is 4.57 Å². The lowest BCUT2D eigenvalue weighted by Gasteiger charge is -2.33. The largest absolute Gasteiger partial charge is 0.402 e. The van der Waals surface area contributed by atoms with Gasteiger partial charge < -0.3 is 4.74 Å². The second-order valence-electron chi connectivity index (χ2n) is 8.16. The Kier molecular flexibility index (Phi) is 4.66. The Morgan fingerprint density at radius 2 is 2.03 bits per heavy atom. The van der Waals surface area contributed by atoms with Crippen LogP contribution in [0, 0.1) is 6.92 Å². The van der Waals surface area contributed by atoms with Crippen molar-refractivity contribution in [1.82, 2.24) is 14.4 Å². The van der Waals surface area contributed by atoms with Crippen molar-refractivity contribution in [2.45, 2.75) is 44.9 Å². The van der Waals surface area contributed by atoms with E-state index in [4.69, 9.17) is 9.73 Å². The third-order valence-electron chi connectivity index (χ3n) is 6.20. The fraction of sp³-hybridized carbons (Fsp3) is 0.455. The standard InChI is InChI=1S/C22H26N5O3/c1-15-13-27-18-19(23-21(27)26(15)14-17-9-6-12-30-17)24(2)22(29)25(20(18)28)11-10-16-7-4-3-5-8-16/h3-5,7-8,13,17-18H,6,9-12,14H2,1-2H3/q+1. The first-order valence-corrected chi connectivity index (χ1v) is 10.5. The second kappa shape index (κ2) is 7.36. The van der Waals surface area contributed by atoms with Crippen molar-refractivity contribution in [3.8, 4) is 0 Å². The first-order chi connectivity index (χ1) is 14.5. The number of urea groups is 1. The predicted octanol–water partition coefficient (Wildman–Crippen LogP) is 1.98. The molecular weight excluding hydrogens is 382 g/mol. The molecule has 0 spiro atoms. The molecule has 30 heavy (non-hydrogen) atoms. The monoisotopic (exact) mass is 408 g/mol. The molecule has 2 unspecified atom stereocenters. The molecule has 2 saturated heterocycles. The van der Waals surface area contributed by atoms with Crippen LogP contribution in [0.5, 0.6) is 0 Å². The topological polar surface area (TPSA) is 71.0 Å². The van der Waals surface area contributed by atoms with Crippen LogP contribution in [0.2, 0.25) is 0 Å². The molecule has 3 aliphatic rings. The van der Waals surface area contributed by atoms with Crippen molar-refractivity contribution in [3.05, 3.63) is 47.8 Å². The van der Waals surface area contributed by atoms with E-state index in [1.807, 2.05) is 48.0 Å². The van der Waals surface area contributed by atoms with Crippen molar-refractivity contribution < 1.29 is 18.9 Å². The second-order valence-corrected chi connectivity index (χ2v) is 8.16. The summed E-state index contributed by atoms with van der Waals surface area (Å²) in [4.78, 5) is 33.9. The number of carbonyl (C=O) groups excluding carboxylic acids is 2. The molecule has 5 rings (SSSR count). The Hall–Kier alpha value is -3.00. The number of rotatable bonds is 5. The quantitative estimate of drug-likeness (QED) is 0.711. The van der Waals surface area contributed by atoms with Gasteiger partial charge in [0, 0.05) is 20.2 Å². The van der Waals surface area contributed by atoms with Crippen LogP contribution in [0.25, 0.3) is 0 Å². The molecule has 0 aliphatic carbocycles. The number of imide groups is 1. The summed E-state index contributed by atoms with van der Waals surface area (Å²) in [5.74, 6) is 0.990. The summed E-state index contributed by atoms with van der Waals surface area (Å²) in [6.45, 7) is 3.87. The Bertz CT molecular complexity index is 1020. The maximum atomic E-state index is 13.4. The molecule has 2 aromatic rings. The summed E-state index contributed by atoms with van der Waals surface area (Å²) in [6.07, 6.45) is 4.86. The Balaban J connectivity index is 1.42. The maximum absolute atomic E-state index is 13.4. The smallest absolute Gasteiger partial charge is 0.375 e. The van der Waals surface area contributed by atoms with Gasteiger partial charge in [-0.15, -0.1) is 0 Å². The third-order valence-corrected chi connectivity index (χ3v) is 6.20. The molecule has 0 radical (unpaired) electrons. The first-order valence-electron chi connectivity index (χ1n) is 10.5. The molecule has 0 saturated carbocycles. The number of benzene rings is 1. The van der Waals surface area contributed by atoms with Gasteiger partial charge in [-0.1, -0.05) is 35.3 Å². The van der Waals surface area contributed by atoms with Gasteiger partial charge in [0.2, 0.25) is 11.9 Å². The minimum Gasteiger partial charge on any atom is -0.375 e. The van der Waals surface area contributed by atoms with Crippen LogP contribution in [0.15, 0.2) is 41.5 Å². The van der Waals surface area contributed by atoms with Crippen molar-refractivity contribution in [2.24, 2.45) is 4.99 Å². The zero-order chi connectivity index (χ0) is 20.8. The van der Waals surface area contributed by atoms with Crippen LogP contribution in [-0.2, 0) is 22.5 Å². The number of amides is 3. The molecule has 156 valence electrons. The van der Waals surface area contributed by atoms with Crippen LogP contribution in [-0.4, -0.2) is 58.4 Å². The highest BCUT2D eigenvalue weighted by atomic mass is 16.5. The molecule has 4 heterocycles. The van der Waals surface area contributed by atoms with E-state index in [-0.39, 0.29) is 18.0 Å². The number of fused-ring (bicyclic) bond motifs is 3. The van der Waals surface area contributed by atoms with Gasteiger partial charge in [-0.25, -0.2) is 13.9 Å². The number of aryl methyl sites for hydroxylation is 1. The van der Waals surface area contributed by atoms with E-state index in [2.05, 4.69) is 4.57 Å².